The maximum atomic E-state index is 6.47. The smallest absolute Gasteiger partial charge is 0.456 e. The molecule has 0 radical (unpaired) electrons. The molecular formula is C36H30BNO3. The van der Waals surface area contributed by atoms with Gasteiger partial charge in [0.25, 0.3) is 0 Å². The molecule has 0 spiro atoms. The first kappa shape index (κ1) is 24.5. The van der Waals surface area contributed by atoms with Crippen molar-refractivity contribution < 1.29 is 13.7 Å². The average molecular weight is 535 g/mol. The van der Waals surface area contributed by atoms with Crippen molar-refractivity contribution in [2.45, 2.75) is 38.9 Å². The van der Waals surface area contributed by atoms with Crippen molar-refractivity contribution in [3.63, 3.8) is 0 Å². The van der Waals surface area contributed by atoms with E-state index in [0.29, 0.717) is 0 Å². The molecule has 0 atom stereocenters. The van der Waals surface area contributed by atoms with E-state index in [2.05, 4.69) is 141 Å². The van der Waals surface area contributed by atoms with Crippen molar-refractivity contribution in [2.75, 3.05) is 0 Å². The normalized spacial score (nSPS) is 16.4. The largest absolute Gasteiger partial charge is 0.494 e. The van der Waals surface area contributed by atoms with Crippen LogP contribution in [-0.2, 0) is 9.31 Å². The summed E-state index contributed by atoms with van der Waals surface area (Å²) in [6.07, 6.45) is 0. The molecule has 41 heavy (non-hydrogen) atoms. The SMILES string of the molecule is CC1(C)OB(c2ccc3c(c2)oc2cc(-n4c5ccccc5c5cc(-c6ccccc6)ccc54)ccc23)OC1(C)C. The lowest BCUT2D eigenvalue weighted by Gasteiger charge is -2.32. The van der Waals surface area contributed by atoms with Crippen molar-refractivity contribution in [3.05, 3.63) is 109 Å². The molecule has 1 aliphatic heterocycles. The summed E-state index contributed by atoms with van der Waals surface area (Å²) in [5.41, 5.74) is 7.72. The zero-order valence-corrected chi connectivity index (χ0v) is 23.6. The number of aromatic nitrogens is 1. The van der Waals surface area contributed by atoms with Gasteiger partial charge in [-0.15, -0.1) is 0 Å². The number of para-hydroxylation sites is 1. The number of furan rings is 1. The molecule has 0 amide bonds. The first-order chi connectivity index (χ1) is 19.8. The number of rotatable bonds is 3. The molecule has 1 saturated heterocycles. The van der Waals surface area contributed by atoms with Gasteiger partial charge >= 0.3 is 7.12 Å². The van der Waals surface area contributed by atoms with Gasteiger partial charge < -0.3 is 18.3 Å². The second-order valence-corrected chi connectivity index (χ2v) is 12.1. The molecule has 4 nitrogen and oxygen atoms in total. The molecule has 0 aliphatic carbocycles. The minimum atomic E-state index is -0.424. The Morgan fingerprint density at radius 1 is 0.537 bits per heavy atom. The fourth-order valence-corrected chi connectivity index (χ4v) is 6.11. The van der Waals surface area contributed by atoms with Crippen LogP contribution in [0.5, 0.6) is 0 Å². The van der Waals surface area contributed by atoms with Gasteiger partial charge in [-0.3, -0.25) is 0 Å². The van der Waals surface area contributed by atoms with Crippen LogP contribution in [0.3, 0.4) is 0 Å². The fourth-order valence-electron chi connectivity index (χ4n) is 6.11. The van der Waals surface area contributed by atoms with Gasteiger partial charge in [0.05, 0.1) is 22.2 Å². The third-order valence-electron chi connectivity index (χ3n) is 9.04. The molecule has 0 bridgehead atoms. The van der Waals surface area contributed by atoms with E-state index in [1.807, 2.05) is 0 Å². The summed E-state index contributed by atoms with van der Waals surface area (Å²) in [7, 11) is -0.424. The molecule has 5 heteroatoms. The predicted molar refractivity (Wildman–Crippen MR) is 169 cm³/mol. The molecule has 1 fully saturated rings. The first-order valence-corrected chi connectivity index (χ1v) is 14.2. The van der Waals surface area contributed by atoms with Crippen molar-refractivity contribution in [1.29, 1.82) is 0 Å². The molecule has 0 saturated carbocycles. The Morgan fingerprint density at radius 2 is 1.20 bits per heavy atom. The summed E-state index contributed by atoms with van der Waals surface area (Å²) in [6.45, 7) is 8.30. The predicted octanol–water partition coefficient (Wildman–Crippen LogP) is 8.65. The van der Waals surface area contributed by atoms with E-state index in [9.17, 15) is 0 Å². The van der Waals surface area contributed by atoms with E-state index in [-0.39, 0.29) is 11.2 Å². The quantitative estimate of drug-likeness (QED) is 0.213. The lowest BCUT2D eigenvalue weighted by Crippen LogP contribution is -2.41. The van der Waals surface area contributed by atoms with Crippen LogP contribution in [0.15, 0.2) is 114 Å². The van der Waals surface area contributed by atoms with Crippen LogP contribution in [0.1, 0.15) is 27.7 Å². The van der Waals surface area contributed by atoms with Crippen molar-refractivity contribution >= 4 is 56.3 Å². The number of hydrogen-bond acceptors (Lipinski definition) is 3. The van der Waals surface area contributed by atoms with E-state index in [1.165, 1.54) is 32.9 Å². The van der Waals surface area contributed by atoms with E-state index >= 15 is 0 Å². The highest BCUT2D eigenvalue weighted by Gasteiger charge is 2.51. The van der Waals surface area contributed by atoms with Crippen LogP contribution >= 0.6 is 0 Å². The van der Waals surface area contributed by atoms with E-state index in [4.69, 9.17) is 13.7 Å². The second kappa shape index (κ2) is 8.59. The lowest BCUT2D eigenvalue weighted by molar-refractivity contribution is 0.00578. The lowest BCUT2D eigenvalue weighted by atomic mass is 9.79. The maximum Gasteiger partial charge on any atom is 0.494 e. The van der Waals surface area contributed by atoms with Crippen LogP contribution in [0.2, 0.25) is 0 Å². The molecule has 5 aromatic carbocycles. The van der Waals surface area contributed by atoms with Gasteiger partial charge in [-0.2, -0.15) is 0 Å². The van der Waals surface area contributed by atoms with Crippen LogP contribution in [0.4, 0.5) is 0 Å². The van der Waals surface area contributed by atoms with Gasteiger partial charge in [0.15, 0.2) is 0 Å². The first-order valence-electron chi connectivity index (χ1n) is 14.2. The average Bonchev–Trinajstić information content (AvgIpc) is 3.58. The topological polar surface area (TPSA) is 36.5 Å². The minimum absolute atomic E-state index is 0.389. The third-order valence-corrected chi connectivity index (χ3v) is 9.04. The molecule has 1 aliphatic rings. The highest BCUT2D eigenvalue weighted by atomic mass is 16.7. The molecule has 7 aromatic rings. The standard InChI is InChI=1S/C36H30BNO3/c1-35(2)36(3,4)41-37(40-35)25-15-17-28-29-18-16-26(22-34(29)39-33(28)21-25)38-31-13-9-8-12-27(31)30-20-24(14-19-32(30)38)23-10-6-5-7-11-23/h5-22H,1-4H3. The zero-order valence-electron chi connectivity index (χ0n) is 23.6. The van der Waals surface area contributed by atoms with Crippen LogP contribution < -0.4 is 5.46 Å². The Kier molecular flexibility index (Phi) is 5.13. The Hall–Kier alpha value is -4.32. The van der Waals surface area contributed by atoms with E-state index < -0.39 is 7.12 Å². The Balaban J connectivity index is 1.25. The van der Waals surface area contributed by atoms with Gasteiger partial charge in [0, 0.05) is 33.3 Å². The number of hydrogen-bond donors (Lipinski definition) is 0. The van der Waals surface area contributed by atoms with Gasteiger partial charge in [-0.25, -0.2) is 0 Å². The summed E-state index contributed by atoms with van der Waals surface area (Å²) in [5.74, 6) is 0. The van der Waals surface area contributed by atoms with Gasteiger partial charge in [0.2, 0.25) is 0 Å². The zero-order chi connectivity index (χ0) is 27.9. The second-order valence-electron chi connectivity index (χ2n) is 12.1. The fraction of sp³-hybridized carbons (Fsp3) is 0.167. The van der Waals surface area contributed by atoms with E-state index in [0.717, 1.165) is 33.1 Å². The summed E-state index contributed by atoms with van der Waals surface area (Å²) >= 11 is 0. The Labute approximate surface area is 239 Å². The third kappa shape index (κ3) is 3.69. The number of fused-ring (bicyclic) bond motifs is 6. The summed E-state index contributed by atoms with van der Waals surface area (Å²) in [4.78, 5) is 0. The van der Waals surface area contributed by atoms with E-state index in [1.54, 1.807) is 0 Å². The number of benzene rings is 5. The van der Waals surface area contributed by atoms with Crippen LogP contribution in [0, 0.1) is 0 Å². The van der Waals surface area contributed by atoms with Gasteiger partial charge in [-0.05, 0) is 80.7 Å². The molecular weight excluding hydrogens is 505 g/mol. The monoisotopic (exact) mass is 535 g/mol. The van der Waals surface area contributed by atoms with Crippen LogP contribution in [0.25, 0.3) is 60.6 Å². The van der Waals surface area contributed by atoms with Gasteiger partial charge in [0.1, 0.15) is 11.2 Å². The highest BCUT2D eigenvalue weighted by molar-refractivity contribution is 6.62. The minimum Gasteiger partial charge on any atom is -0.456 e. The summed E-state index contributed by atoms with van der Waals surface area (Å²) in [5, 5.41) is 4.65. The van der Waals surface area contributed by atoms with Crippen molar-refractivity contribution in [2.24, 2.45) is 0 Å². The molecule has 2 aromatic heterocycles. The Morgan fingerprint density at radius 3 is 1.98 bits per heavy atom. The summed E-state index contributed by atoms with van der Waals surface area (Å²) < 4.78 is 21.4. The van der Waals surface area contributed by atoms with Crippen molar-refractivity contribution in [3.8, 4) is 16.8 Å². The molecule has 200 valence electrons. The summed E-state index contributed by atoms with van der Waals surface area (Å²) in [6, 6.07) is 38.7. The molecule has 0 unspecified atom stereocenters. The number of nitrogens with zero attached hydrogens (tertiary/aromatic N) is 1. The maximum absolute atomic E-state index is 6.47. The Bertz CT molecular complexity index is 2100. The van der Waals surface area contributed by atoms with Gasteiger partial charge in [-0.1, -0.05) is 66.7 Å². The van der Waals surface area contributed by atoms with Crippen molar-refractivity contribution in [1.82, 2.24) is 4.57 Å². The molecule has 0 N–H and O–H groups in total. The molecule has 3 heterocycles. The molecule has 8 rings (SSSR count). The highest BCUT2D eigenvalue weighted by Crippen LogP contribution is 2.39. The van der Waals surface area contributed by atoms with Crippen LogP contribution in [-0.4, -0.2) is 22.9 Å².